The molecule has 2 heterocycles. The van der Waals surface area contributed by atoms with Crippen LogP contribution in [0.3, 0.4) is 0 Å². The molecule has 1 N–H and O–H groups in total. The van der Waals surface area contributed by atoms with Gasteiger partial charge in [0.25, 0.3) is 0 Å². The smallest absolute Gasteiger partial charge is 0.317 e. The largest absolute Gasteiger partial charge is 0.384 e. The number of urea groups is 1. The molecule has 2 fully saturated rings. The third-order valence-electron chi connectivity index (χ3n) is 5.21. The Morgan fingerprint density at radius 2 is 1.71 bits per heavy atom. The van der Waals surface area contributed by atoms with Crippen molar-refractivity contribution in [1.82, 2.24) is 15.1 Å². The fourth-order valence-corrected chi connectivity index (χ4v) is 3.79. The number of piperidine rings is 1. The van der Waals surface area contributed by atoms with Crippen molar-refractivity contribution in [2.45, 2.75) is 52.0 Å². The fourth-order valence-electron chi connectivity index (χ4n) is 3.79. The molecule has 6 heteroatoms. The van der Waals surface area contributed by atoms with Gasteiger partial charge in [0.15, 0.2) is 0 Å². The lowest BCUT2D eigenvalue weighted by Gasteiger charge is -2.34. The van der Waals surface area contributed by atoms with Crippen molar-refractivity contribution in [3.63, 3.8) is 0 Å². The van der Waals surface area contributed by atoms with Crippen molar-refractivity contribution < 1.29 is 14.3 Å². The number of rotatable bonds is 4. The average molecular weight is 339 g/mol. The van der Waals surface area contributed by atoms with Gasteiger partial charge in [-0.2, -0.15) is 0 Å². The Morgan fingerprint density at radius 1 is 1.04 bits per heavy atom. The Kier molecular flexibility index (Phi) is 7.34. The van der Waals surface area contributed by atoms with E-state index in [2.05, 4.69) is 19.2 Å². The Balaban J connectivity index is 1.74. The van der Waals surface area contributed by atoms with Crippen molar-refractivity contribution in [2.24, 2.45) is 11.8 Å². The number of nitrogens with one attached hydrogen (secondary N) is 1. The monoisotopic (exact) mass is 339 g/mol. The summed E-state index contributed by atoms with van der Waals surface area (Å²) in [6.45, 7) is 8.12. The molecule has 0 radical (unpaired) electrons. The maximum Gasteiger partial charge on any atom is 0.317 e. The summed E-state index contributed by atoms with van der Waals surface area (Å²) >= 11 is 0. The van der Waals surface area contributed by atoms with Gasteiger partial charge in [0.2, 0.25) is 5.91 Å². The predicted octanol–water partition coefficient (Wildman–Crippen LogP) is 2.09. The summed E-state index contributed by atoms with van der Waals surface area (Å²) in [5.74, 6) is 1.41. The third kappa shape index (κ3) is 5.65. The van der Waals surface area contributed by atoms with Crippen LogP contribution in [-0.4, -0.2) is 67.7 Å². The molecule has 0 spiro atoms. The molecule has 2 rings (SSSR count). The van der Waals surface area contributed by atoms with Gasteiger partial charge in [-0.15, -0.1) is 0 Å². The first-order valence-electron chi connectivity index (χ1n) is 9.31. The lowest BCUT2D eigenvalue weighted by atomic mass is 9.97. The Bertz CT molecular complexity index is 422. The van der Waals surface area contributed by atoms with Crippen LogP contribution in [0.5, 0.6) is 0 Å². The number of likely N-dealkylation sites (tertiary alicyclic amines) is 2. The fraction of sp³-hybridized carbons (Fsp3) is 0.889. The molecular weight excluding hydrogens is 306 g/mol. The SMILES string of the molecule is COCCC(=O)N1CCC(NC(=O)N2CC[C@@H](C)C[C@@H](C)C2)CC1. The van der Waals surface area contributed by atoms with Crippen LogP contribution in [0.1, 0.15) is 46.0 Å². The Morgan fingerprint density at radius 3 is 2.38 bits per heavy atom. The molecule has 0 aromatic rings. The van der Waals surface area contributed by atoms with Crippen LogP contribution >= 0.6 is 0 Å². The molecule has 24 heavy (non-hydrogen) atoms. The molecule has 138 valence electrons. The zero-order valence-corrected chi connectivity index (χ0v) is 15.4. The lowest BCUT2D eigenvalue weighted by molar-refractivity contribution is -0.133. The van der Waals surface area contributed by atoms with E-state index in [9.17, 15) is 9.59 Å². The van der Waals surface area contributed by atoms with E-state index in [1.807, 2.05) is 9.80 Å². The number of ether oxygens (including phenoxy) is 1. The van der Waals surface area contributed by atoms with Gasteiger partial charge in [-0.25, -0.2) is 4.79 Å². The second-order valence-corrected chi connectivity index (χ2v) is 7.53. The number of hydrogen-bond acceptors (Lipinski definition) is 3. The number of carbonyl (C=O) groups is 2. The average Bonchev–Trinajstić information content (AvgIpc) is 2.73. The van der Waals surface area contributed by atoms with E-state index in [1.54, 1.807) is 7.11 Å². The summed E-state index contributed by atoms with van der Waals surface area (Å²) in [4.78, 5) is 28.4. The van der Waals surface area contributed by atoms with E-state index in [0.717, 1.165) is 45.4 Å². The van der Waals surface area contributed by atoms with Gasteiger partial charge in [0.05, 0.1) is 13.0 Å². The molecule has 0 aromatic heterocycles. The van der Waals surface area contributed by atoms with E-state index in [0.29, 0.717) is 24.9 Å². The van der Waals surface area contributed by atoms with E-state index in [4.69, 9.17) is 4.74 Å². The first-order chi connectivity index (χ1) is 11.5. The zero-order chi connectivity index (χ0) is 17.5. The Labute approximate surface area is 145 Å². The molecule has 0 bridgehead atoms. The van der Waals surface area contributed by atoms with Gasteiger partial charge in [-0.1, -0.05) is 13.8 Å². The number of hydrogen-bond donors (Lipinski definition) is 1. The predicted molar refractivity (Wildman–Crippen MR) is 93.8 cm³/mol. The topological polar surface area (TPSA) is 61.9 Å². The van der Waals surface area contributed by atoms with Crippen LogP contribution in [0.2, 0.25) is 0 Å². The van der Waals surface area contributed by atoms with Crippen LogP contribution in [0.4, 0.5) is 4.79 Å². The first kappa shape index (κ1) is 19.0. The van der Waals surface area contributed by atoms with Gasteiger partial charge in [-0.05, 0) is 37.5 Å². The minimum absolute atomic E-state index is 0.0695. The van der Waals surface area contributed by atoms with E-state index in [1.165, 1.54) is 6.42 Å². The molecule has 0 saturated carbocycles. The minimum Gasteiger partial charge on any atom is -0.384 e. The van der Waals surface area contributed by atoms with E-state index in [-0.39, 0.29) is 18.0 Å². The Hall–Kier alpha value is -1.30. The summed E-state index contributed by atoms with van der Waals surface area (Å²) in [7, 11) is 1.61. The van der Waals surface area contributed by atoms with Gasteiger partial charge < -0.3 is 19.9 Å². The van der Waals surface area contributed by atoms with Crippen molar-refractivity contribution in [3.05, 3.63) is 0 Å². The molecule has 2 atom stereocenters. The quantitative estimate of drug-likeness (QED) is 0.853. The highest BCUT2D eigenvalue weighted by atomic mass is 16.5. The molecule has 2 aliphatic heterocycles. The van der Waals surface area contributed by atoms with Crippen molar-refractivity contribution in [3.8, 4) is 0 Å². The minimum atomic E-state index is 0.0695. The molecule has 0 aliphatic carbocycles. The van der Waals surface area contributed by atoms with Crippen LogP contribution in [0, 0.1) is 11.8 Å². The highest BCUT2D eigenvalue weighted by Crippen LogP contribution is 2.21. The highest BCUT2D eigenvalue weighted by molar-refractivity contribution is 5.76. The second-order valence-electron chi connectivity index (χ2n) is 7.53. The van der Waals surface area contributed by atoms with Crippen molar-refractivity contribution in [2.75, 3.05) is 39.9 Å². The summed E-state index contributed by atoms with van der Waals surface area (Å²) in [5.41, 5.74) is 0. The first-order valence-corrected chi connectivity index (χ1v) is 9.31. The van der Waals surface area contributed by atoms with Crippen LogP contribution < -0.4 is 5.32 Å². The van der Waals surface area contributed by atoms with Crippen LogP contribution in [-0.2, 0) is 9.53 Å². The number of nitrogens with zero attached hydrogens (tertiary/aromatic N) is 2. The molecule has 3 amide bonds. The molecule has 2 saturated heterocycles. The molecule has 0 aromatic carbocycles. The second kappa shape index (κ2) is 9.25. The van der Waals surface area contributed by atoms with Gasteiger partial charge in [0.1, 0.15) is 0 Å². The van der Waals surface area contributed by atoms with Gasteiger partial charge in [-0.3, -0.25) is 4.79 Å². The summed E-state index contributed by atoms with van der Waals surface area (Å²) in [6.07, 6.45) is 4.40. The maximum atomic E-state index is 12.5. The summed E-state index contributed by atoms with van der Waals surface area (Å²) in [5, 5.41) is 3.18. The van der Waals surface area contributed by atoms with Gasteiger partial charge >= 0.3 is 6.03 Å². The van der Waals surface area contributed by atoms with Crippen LogP contribution in [0.15, 0.2) is 0 Å². The highest BCUT2D eigenvalue weighted by Gasteiger charge is 2.27. The summed E-state index contributed by atoms with van der Waals surface area (Å²) < 4.78 is 4.96. The van der Waals surface area contributed by atoms with Crippen LogP contribution in [0.25, 0.3) is 0 Å². The normalized spacial score (nSPS) is 26.1. The standard InChI is InChI=1S/C18H33N3O3/c1-14-4-8-21(13-15(2)12-14)18(23)19-16-5-9-20(10-6-16)17(22)7-11-24-3/h14-16H,4-13H2,1-3H3,(H,19,23)/t14-,15-/m1/s1. The maximum absolute atomic E-state index is 12.5. The lowest BCUT2D eigenvalue weighted by Crippen LogP contribution is -2.50. The van der Waals surface area contributed by atoms with Crippen molar-refractivity contribution in [1.29, 1.82) is 0 Å². The van der Waals surface area contributed by atoms with Crippen molar-refractivity contribution >= 4 is 11.9 Å². The number of amides is 3. The summed E-state index contributed by atoms with van der Waals surface area (Å²) in [6, 6.07) is 0.250. The van der Waals surface area contributed by atoms with E-state index < -0.39 is 0 Å². The molecule has 2 aliphatic rings. The molecule has 6 nitrogen and oxygen atoms in total. The van der Waals surface area contributed by atoms with E-state index >= 15 is 0 Å². The zero-order valence-electron chi connectivity index (χ0n) is 15.4. The van der Waals surface area contributed by atoms with Gasteiger partial charge in [0, 0.05) is 39.3 Å². The number of methoxy groups -OCH3 is 1. The number of carbonyl (C=O) groups excluding carboxylic acids is 2. The molecule has 0 unspecified atom stereocenters. The third-order valence-corrected chi connectivity index (χ3v) is 5.21. The molecular formula is C18H33N3O3.